The van der Waals surface area contributed by atoms with Crippen molar-refractivity contribution >= 4 is 0 Å². The zero-order valence-corrected chi connectivity index (χ0v) is 10.6. The van der Waals surface area contributed by atoms with Crippen molar-refractivity contribution in [3.05, 3.63) is 60.2 Å². The molecule has 0 aliphatic carbocycles. The summed E-state index contributed by atoms with van der Waals surface area (Å²) in [5.74, 6) is 1.05. The van der Waals surface area contributed by atoms with Crippen molar-refractivity contribution in [2.75, 3.05) is 0 Å². The van der Waals surface area contributed by atoms with E-state index in [0.717, 1.165) is 16.9 Å². The van der Waals surface area contributed by atoms with Gasteiger partial charge in [-0.15, -0.1) is 0 Å². The van der Waals surface area contributed by atoms with Crippen LogP contribution in [0, 0.1) is 6.92 Å². The van der Waals surface area contributed by atoms with Crippen molar-refractivity contribution in [1.29, 1.82) is 0 Å². The Morgan fingerprint density at radius 2 is 2.00 bits per heavy atom. The summed E-state index contributed by atoms with van der Waals surface area (Å²) in [5.41, 5.74) is 2.70. The highest BCUT2D eigenvalue weighted by atomic mass is 16.4. The summed E-state index contributed by atoms with van der Waals surface area (Å²) in [6, 6.07) is 12.0. The molecule has 0 bridgehead atoms. The minimum absolute atomic E-state index is 0.127. The number of rotatable bonds is 3. The Kier molecular flexibility index (Phi) is 2.93. The fourth-order valence-corrected chi connectivity index (χ4v) is 1.98. The van der Waals surface area contributed by atoms with Crippen LogP contribution in [0.5, 0.6) is 0 Å². The van der Waals surface area contributed by atoms with Gasteiger partial charge in [0.1, 0.15) is 6.61 Å². The van der Waals surface area contributed by atoms with Crippen molar-refractivity contribution in [3.63, 3.8) is 0 Å². The molecule has 4 nitrogen and oxygen atoms in total. The van der Waals surface area contributed by atoms with Crippen molar-refractivity contribution in [2.45, 2.75) is 13.5 Å². The summed E-state index contributed by atoms with van der Waals surface area (Å²) in [6.07, 6.45) is 3.92. The normalized spacial score (nSPS) is 10.8. The summed E-state index contributed by atoms with van der Waals surface area (Å²) in [5, 5.41) is 9.12. The largest absolute Gasteiger partial charge is 0.438 e. The molecule has 3 rings (SSSR count). The standard InChI is InChI=1S/C15H14N2O2/c1-11-14(10-18)19-15(16-11)12-7-8-17(9-12)13-5-3-2-4-6-13/h2-9,18H,10H2,1H3. The minimum Gasteiger partial charge on any atom is -0.438 e. The maximum absolute atomic E-state index is 9.12. The first-order valence-corrected chi connectivity index (χ1v) is 6.09. The lowest BCUT2D eigenvalue weighted by Crippen LogP contribution is -1.87. The number of aliphatic hydroxyl groups excluding tert-OH is 1. The molecule has 1 aromatic carbocycles. The number of hydrogen-bond acceptors (Lipinski definition) is 3. The molecule has 2 aromatic heterocycles. The van der Waals surface area contributed by atoms with Crippen molar-refractivity contribution in [1.82, 2.24) is 9.55 Å². The van der Waals surface area contributed by atoms with E-state index in [4.69, 9.17) is 9.52 Å². The first-order chi connectivity index (χ1) is 9.28. The molecular weight excluding hydrogens is 240 g/mol. The summed E-state index contributed by atoms with van der Waals surface area (Å²) >= 11 is 0. The highest BCUT2D eigenvalue weighted by Gasteiger charge is 2.11. The van der Waals surface area contributed by atoms with Gasteiger partial charge in [0.15, 0.2) is 5.76 Å². The van der Waals surface area contributed by atoms with Crippen molar-refractivity contribution in [3.8, 4) is 17.1 Å². The molecule has 0 radical (unpaired) electrons. The molecule has 4 heteroatoms. The Balaban J connectivity index is 1.97. The van der Waals surface area contributed by atoms with Crippen LogP contribution in [-0.2, 0) is 6.61 Å². The van der Waals surface area contributed by atoms with E-state index in [1.807, 2.05) is 60.3 Å². The molecule has 0 saturated carbocycles. The SMILES string of the molecule is Cc1nc(-c2ccn(-c3ccccc3)c2)oc1CO. The van der Waals surface area contributed by atoms with Crippen LogP contribution in [0.4, 0.5) is 0 Å². The van der Waals surface area contributed by atoms with Gasteiger partial charge in [0.2, 0.25) is 5.89 Å². The number of oxazole rings is 1. The predicted octanol–water partition coefficient (Wildman–Crippen LogP) is 2.93. The molecule has 0 saturated heterocycles. The molecule has 0 fully saturated rings. The third kappa shape index (κ3) is 2.18. The van der Waals surface area contributed by atoms with E-state index >= 15 is 0 Å². The van der Waals surface area contributed by atoms with Gasteiger partial charge in [0, 0.05) is 18.1 Å². The van der Waals surface area contributed by atoms with Crippen LogP contribution in [0.2, 0.25) is 0 Å². The number of aryl methyl sites for hydroxylation is 1. The summed E-state index contributed by atoms with van der Waals surface area (Å²) in [6.45, 7) is 1.70. The Hall–Kier alpha value is -2.33. The van der Waals surface area contributed by atoms with Gasteiger partial charge in [-0.25, -0.2) is 4.98 Å². The van der Waals surface area contributed by atoms with Crippen LogP contribution in [0.3, 0.4) is 0 Å². The van der Waals surface area contributed by atoms with Gasteiger partial charge in [0.25, 0.3) is 0 Å². The van der Waals surface area contributed by atoms with Crippen LogP contribution in [0.15, 0.2) is 53.2 Å². The van der Waals surface area contributed by atoms with E-state index in [0.29, 0.717) is 11.7 Å². The molecule has 0 aliphatic rings. The van der Waals surface area contributed by atoms with Crippen LogP contribution in [-0.4, -0.2) is 14.7 Å². The smallest absolute Gasteiger partial charge is 0.228 e. The molecule has 0 atom stereocenters. The second-order valence-electron chi connectivity index (χ2n) is 4.33. The summed E-state index contributed by atoms with van der Waals surface area (Å²) in [4.78, 5) is 4.32. The molecule has 3 aromatic rings. The fourth-order valence-electron chi connectivity index (χ4n) is 1.98. The number of para-hydroxylation sites is 1. The van der Waals surface area contributed by atoms with Gasteiger partial charge < -0.3 is 14.1 Å². The summed E-state index contributed by atoms with van der Waals surface area (Å²) < 4.78 is 7.53. The predicted molar refractivity (Wildman–Crippen MR) is 71.9 cm³/mol. The summed E-state index contributed by atoms with van der Waals surface area (Å²) in [7, 11) is 0. The lowest BCUT2D eigenvalue weighted by molar-refractivity contribution is 0.247. The number of nitrogens with zero attached hydrogens (tertiary/aromatic N) is 2. The molecule has 1 N–H and O–H groups in total. The van der Waals surface area contributed by atoms with Gasteiger partial charge >= 0.3 is 0 Å². The maximum Gasteiger partial charge on any atom is 0.228 e. The van der Waals surface area contributed by atoms with Crippen LogP contribution < -0.4 is 0 Å². The molecule has 0 aliphatic heterocycles. The number of benzene rings is 1. The van der Waals surface area contributed by atoms with E-state index in [-0.39, 0.29) is 6.61 Å². The lowest BCUT2D eigenvalue weighted by Gasteiger charge is -2.00. The average molecular weight is 254 g/mol. The van der Waals surface area contributed by atoms with E-state index in [2.05, 4.69) is 4.98 Å². The monoisotopic (exact) mass is 254 g/mol. The van der Waals surface area contributed by atoms with Gasteiger partial charge in [-0.1, -0.05) is 18.2 Å². The van der Waals surface area contributed by atoms with E-state index < -0.39 is 0 Å². The van der Waals surface area contributed by atoms with Gasteiger partial charge in [0.05, 0.1) is 11.3 Å². The molecule has 2 heterocycles. The quantitative estimate of drug-likeness (QED) is 0.781. The first kappa shape index (κ1) is 11.7. The fraction of sp³-hybridized carbons (Fsp3) is 0.133. The Morgan fingerprint density at radius 1 is 1.21 bits per heavy atom. The molecule has 0 amide bonds. The highest BCUT2D eigenvalue weighted by molar-refractivity contribution is 5.54. The van der Waals surface area contributed by atoms with E-state index in [1.54, 1.807) is 0 Å². The lowest BCUT2D eigenvalue weighted by atomic mass is 10.3. The Morgan fingerprint density at radius 3 is 2.68 bits per heavy atom. The van der Waals surface area contributed by atoms with Gasteiger partial charge in [-0.2, -0.15) is 0 Å². The zero-order chi connectivity index (χ0) is 13.2. The highest BCUT2D eigenvalue weighted by Crippen LogP contribution is 2.23. The van der Waals surface area contributed by atoms with Gasteiger partial charge in [-0.05, 0) is 25.1 Å². The number of hydrogen-bond donors (Lipinski definition) is 1. The van der Waals surface area contributed by atoms with E-state index in [1.165, 1.54) is 0 Å². The number of aliphatic hydroxyl groups is 1. The molecule has 0 unspecified atom stereocenters. The third-order valence-electron chi connectivity index (χ3n) is 3.03. The van der Waals surface area contributed by atoms with Gasteiger partial charge in [-0.3, -0.25) is 0 Å². The Labute approximate surface area is 111 Å². The first-order valence-electron chi connectivity index (χ1n) is 6.09. The van der Waals surface area contributed by atoms with Crippen LogP contribution in [0.25, 0.3) is 17.1 Å². The molecule has 96 valence electrons. The number of aromatic nitrogens is 2. The second-order valence-corrected chi connectivity index (χ2v) is 4.33. The van der Waals surface area contributed by atoms with E-state index in [9.17, 15) is 0 Å². The molecule has 0 spiro atoms. The van der Waals surface area contributed by atoms with Crippen LogP contribution >= 0.6 is 0 Å². The second kappa shape index (κ2) is 4.74. The topological polar surface area (TPSA) is 51.2 Å². The zero-order valence-electron chi connectivity index (χ0n) is 10.6. The minimum atomic E-state index is -0.127. The third-order valence-corrected chi connectivity index (χ3v) is 3.03. The van der Waals surface area contributed by atoms with Crippen LogP contribution in [0.1, 0.15) is 11.5 Å². The maximum atomic E-state index is 9.12. The Bertz CT molecular complexity index is 683. The average Bonchev–Trinajstić information content (AvgIpc) is 3.06. The molecular formula is C15H14N2O2. The van der Waals surface area contributed by atoms with Crippen molar-refractivity contribution in [2.24, 2.45) is 0 Å². The van der Waals surface area contributed by atoms with Crippen molar-refractivity contribution < 1.29 is 9.52 Å². The molecule has 19 heavy (non-hydrogen) atoms.